The van der Waals surface area contributed by atoms with Crippen LogP contribution in [0.4, 0.5) is 17.6 Å². The number of rotatable bonds is 7. The van der Waals surface area contributed by atoms with Crippen LogP contribution in [0.3, 0.4) is 0 Å². The Bertz CT molecular complexity index is 1120. The summed E-state index contributed by atoms with van der Waals surface area (Å²) in [6, 6.07) is 10.7. The molecule has 9 heteroatoms. The van der Waals surface area contributed by atoms with Crippen LogP contribution < -0.4 is 9.47 Å². The first-order valence-electron chi connectivity index (χ1n) is 9.63. The van der Waals surface area contributed by atoms with E-state index in [1.807, 2.05) is 12.1 Å². The monoisotopic (exact) mass is 437 g/mol. The van der Waals surface area contributed by atoms with E-state index in [0.717, 1.165) is 41.7 Å². The van der Waals surface area contributed by atoms with Crippen LogP contribution in [0.15, 0.2) is 42.5 Å². The normalized spacial score (nSPS) is 15.8. The predicted molar refractivity (Wildman–Crippen MR) is 104 cm³/mol. The first-order chi connectivity index (χ1) is 14.8. The number of carboxylic acids is 1. The van der Waals surface area contributed by atoms with Crippen LogP contribution >= 0.6 is 0 Å². The molecule has 31 heavy (non-hydrogen) atoms. The van der Waals surface area contributed by atoms with Gasteiger partial charge in [-0.3, -0.25) is 4.79 Å². The van der Waals surface area contributed by atoms with Gasteiger partial charge in [0.15, 0.2) is 0 Å². The van der Waals surface area contributed by atoms with E-state index in [0.29, 0.717) is 5.75 Å². The quantitative estimate of drug-likeness (QED) is 0.496. The van der Waals surface area contributed by atoms with Gasteiger partial charge in [-0.15, -0.1) is 0 Å². The molecule has 1 N–H and O–H groups in total. The third-order valence-electron chi connectivity index (χ3n) is 5.41. The van der Waals surface area contributed by atoms with Crippen molar-refractivity contribution in [2.24, 2.45) is 0 Å². The molecule has 0 unspecified atom stereocenters. The van der Waals surface area contributed by atoms with Crippen LogP contribution in [0.5, 0.6) is 11.5 Å². The number of carbonyl (C=O) groups is 1. The fraction of sp³-hybridized carbons (Fsp3) is 0.318. The number of ether oxygens (including phenoxy) is 2. The maximum atomic E-state index is 13.2. The number of benzene rings is 2. The lowest BCUT2D eigenvalue weighted by atomic mass is 10.0. The van der Waals surface area contributed by atoms with Crippen LogP contribution in [0.1, 0.15) is 35.6 Å². The van der Waals surface area contributed by atoms with Crippen molar-refractivity contribution in [3.63, 3.8) is 0 Å². The Labute approximate surface area is 174 Å². The van der Waals surface area contributed by atoms with Gasteiger partial charge in [-0.05, 0) is 48.4 Å². The molecule has 1 aliphatic heterocycles. The van der Waals surface area contributed by atoms with Crippen molar-refractivity contribution in [3.05, 3.63) is 59.3 Å². The zero-order chi connectivity index (χ0) is 22.2. The zero-order valence-electron chi connectivity index (χ0n) is 16.3. The Hall–Kier alpha value is -3.23. The van der Waals surface area contributed by atoms with Gasteiger partial charge in [-0.1, -0.05) is 6.07 Å². The summed E-state index contributed by atoms with van der Waals surface area (Å²) >= 11 is 0. The fourth-order valence-electron chi connectivity index (χ4n) is 4.04. The number of carboxylic acid groups (broad SMARTS) is 1. The molecule has 0 bridgehead atoms. The van der Waals surface area contributed by atoms with Gasteiger partial charge in [0.1, 0.15) is 18.1 Å². The van der Waals surface area contributed by atoms with Crippen molar-refractivity contribution in [2.75, 3.05) is 6.86 Å². The Morgan fingerprint density at radius 2 is 1.94 bits per heavy atom. The minimum absolute atomic E-state index is 0.0416. The molecule has 4 rings (SSSR count). The van der Waals surface area contributed by atoms with E-state index in [1.54, 1.807) is 12.1 Å². The number of fused-ring (bicyclic) bond motifs is 3. The first-order valence-corrected chi connectivity index (χ1v) is 9.63. The molecular weight excluding hydrogens is 418 g/mol. The highest BCUT2D eigenvalue weighted by molar-refractivity contribution is 5.83. The lowest BCUT2D eigenvalue weighted by molar-refractivity contribution is -0.139. The number of hydrogen-bond donors (Lipinski definition) is 1. The molecule has 3 aromatic rings. The SMILES string of the molecule is O=C(O)C[C@H]1CCn2c1cc1cc(OCc3ccc(OCF)c(C(F)(F)F)c3)ccc12. The molecule has 0 amide bonds. The molecule has 0 fully saturated rings. The van der Waals surface area contributed by atoms with Crippen molar-refractivity contribution in [1.82, 2.24) is 4.57 Å². The highest BCUT2D eigenvalue weighted by Crippen LogP contribution is 2.38. The van der Waals surface area contributed by atoms with Crippen LogP contribution in [0.25, 0.3) is 10.9 Å². The summed E-state index contributed by atoms with van der Waals surface area (Å²) < 4.78 is 64.1. The molecule has 1 atom stereocenters. The lowest BCUT2D eigenvalue weighted by Gasteiger charge is -2.14. The maximum absolute atomic E-state index is 13.2. The topological polar surface area (TPSA) is 60.7 Å². The van der Waals surface area contributed by atoms with Gasteiger partial charge in [0.25, 0.3) is 0 Å². The van der Waals surface area contributed by atoms with Crippen LogP contribution in [0, 0.1) is 0 Å². The second-order valence-electron chi connectivity index (χ2n) is 7.40. The third kappa shape index (κ3) is 4.30. The van der Waals surface area contributed by atoms with E-state index in [2.05, 4.69) is 9.30 Å². The molecule has 5 nitrogen and oxygen atoms in total. The molecule has 1 aromatic heterocycles. The summed E-state index contributed by atoms with van der Waals surface area (Å²) in [7, 11) is 0. The van der Waals surface area contributed by atoms with E-state index in [9.17, 15) is 22.4 Å². The Morgan fingerprint density at radius 3 is 2.65 bits per heavy atom. The molecule has 2 aromatic carbocycles. The minimum atomic E-state index is -4.68. The molecule has 0 saturated heterocycles. The van der Waals surface area contributed by atoms with Gasteiger partial charge in [0.05, 0.1) is 12.0 Å². The smallest absolute Gasteiger partial charge is 0.419 e. The van der Waals surface area contributed by atoms with E-state index in [-0.39, 0.29) is 24.5 Å². The number of nitrogens with zero attached hydrogens (tertiary/aromatic N) is 1. The molecule has 0 radical (unpaired) electrons. The van der Waals surface area contributed by atoms with E-state index < -0.39 is 30.3 Å². The van der Waals surface area contributed by atoms with Gasteiger partial charge in [0, 0.05) is 29.1 Å². The number of aryl methyl sites for hydroxylation is 1. The highest BCUT2D eigenvalue weighted by Gasteiger charge is 2.34. The van der Waals surface area contributed by atoms with Gasteiger partial charge in [0.2, 0.25) is 6.86 Å². The van der Waals surface area contributed by atoms with Gasteiger partial charge in [-0.25, -0.2) is 4.39 Å². The van der Waals surface area contributed by atoms with Gasteiger partial charge >= 0.3 is 12.1 Å². The molecule has 0 spiro atoms. The van der Waals surface area contributed by atoms with Crippen molar-refractivity contribution in [3.8, 4) is 11.5 Å². The van der Waals surface area contributed by atoms with E-state index in [1.165, 1.54) is 6.07 Å². The summed E-state index contributed by atoms with van der Waals surface area (Å²) in [6.45, 7) is -0.724. The van der Waals surface area contributed by atoms with Crippen molar-refractivity contribution < 1.29 is 36.9 Å². The van der Waals surface area contributed by atoms with Crippen LogP contribution in [0.2, 0.25) is 0 Å². The van der Waals surface area contributed by atoms with Crippen molar-refractivity contribution in [1.29, 1.82) is 0 Å². The molecule has 0 aliphatic carbocycles. The number of alkyl halides is 4. The van der Waals surface area contributed by atoms with E-state index in [4.69, 9.17) is 9.84 Å². The summed E-state index contributed by atoms with van der Waals surface area (Å²) in [5.74, 6) is -0.974. The molecular formula is C22H19F4NO4. The van der Waals surface area contributed by atoms with Crippen LogP contribution in [-0.4, -0.2) is 22.5 Å². The fourth-order valence-corrected chi connectivity index (χ4v) is 4.04. The zero-order valence-corrected chi connectivity index (χ0v) is 16.3. The number of halogens is 4. The third-order valence-corrected chi connectivity index (χ3v) is 5.41. The maximum Gasteiger partial charge on any atom is 0.419 e. The molecule has 1 aliphatic rings. The number of aromatic nitrogens is 1. The van der Waals surface area contributed by atoms with Crippen molar-refractivity contribution in [2.45, 2.75) is 38.1 Å². The predicted octanol–water partition coefficient (Wildman–Crippen LogP) is 5.51. The standard InChI is InChI=1S/C22H19F4NO4/c23-12-31-20-4-1-13(7-17(20)22(24,25)26)11-30-16-2-3-18-15(8-16)9-19-14(10-21(28)29)5-6-27(18)19/h1-4,7-9,14H,5-6,10-12H2,(H,28,29)/t14-/m1/s1. The second-order valence-corrected chi connectivity index (χ2v) is 7.40. The Kier molecular flexibility index (Phi) is 5.51. The highest BCUT2D eigenvalue weighted by atomic mass is 19.4. The average Bonchev–Trinajstić information content (AvgIpc) is 3.25. The summed E-state index contributed by atoms with van der Waals surface area (Å²) in [4.78, 5) is 11.1. The summed E-state index contributed by atoms with van der Waals surface area (Å²) in [5, 5.41) is 9.97. The van der Waals surface area contributed by atoms with Gasteiger partial charge < -0.3 is 19.1 Å². The average molecular weight is 437 g/mol. The Balaban J connectivity index is 1.53. The number of hydrogen-bond acceptors (Lipinski definition) is 3. The molecule has 164 valence electrons. The van der Waals surface area contributed by atoms with E-state index >= 15 is 0 Å². The van der Waals surface area contributed by atoms with Crippen molar-refractivity contribution >= 4 is 16.9 Å². The van der Waals surface area contributed by atoms with Crippen LogP contribution in [-0.2, 0) is 24.1 Å². The second kappa shape index (κ2) is 8.13. The Morgan fingerprint density at radius 1 is 1.13 bits per heavy atom. The summed E-state index contributed by atoms with van der Waals surface area (Å²) in [5.41, 5.74) is 1.13. The molecule has 2 heterocycles. The minimum Gasteiger partial charge on any atom is -0.489 e. The first kappa shape index (κ1) is 21.0. The number of aliphatic carboxylic acids is 1. The lowest BCUT2D eigenvalue weighted by Crippen LogP contribution is -2.10. The van der Waals surface area contributed by atoms with Gasteiger partial charge in [-0.2, -0.15) is 13.2 Å². The summed E-state index contributed by atoms with van der Waals surface area (Å²) in [6.07, 6.45) is -3.83. The molecule has 0 saturated carbocycles. The largest absolute Gasteiger partial charge is 0.489 e.